The van der Waals surface area contributed by atoms with Gasteiger partial charge in [-0.3, -0.25) is 0 Å². The van der Waals surface area contributed by atoms with Gasteiger partial charge in [-0.1, -0.05) is 36.4 Å². The van der Waals surface area contributed by atoms with Crippen molar-refractivity contribution in [3.8, 4) is 5.75 Å². The van der Waals surface area contributed by atoms with Crippen LogP contribution >= 0.6 is 0 Å². The third kappa shape index (κ3) is 4.19. The molecule has 0 aliphatic carbocycles. The average Bonchev–Trinajstić information content (AvgIpc) is 2.42. The summed E-state index contributed by atoms with van der Waals surface area (Å²) in [5.41, 5.74) is 6.95. The smallest absolute Gasteiger partial charge is 0.131 e. The van der Waals surface area contributed by atoms with Crippen molar-refractivity contribution in [1.29, 1.82) is 0 Å². The van der Waals surface area contributed by atoms with Crippen LogP contribution in [0.2, 0.25) is 0 Å². The molecule has 0 aliphatic rings. The summed E-state index contributed by atoms with van der Waals surface area (Å²) in [6.45, 7) is 9.17. The van der Waals surface area contributed by atoms with Crippen molar-refractivity contribution in [2.45, 2.75) is 39.3 Å². The van der Waals surface area contributed by atoms with E-state index < -0.39 is 0 Å². The van der Waals surface area contributed by atoms with E-state index in [1.54, 1.807) is 0 Å². The van der Waals surface area contributed by atoms with Crippen LogP contribution in [0.4, 0.5) is 0 Å². The third-order valence-electron chi connectivity index (χ3n) is 3.27. The summed E-state index contributed by atoms with van der Waals surface area (Å²) in [5.74, 6) is 0.876. The zero-order valence-corrected chi connectivity index (χ0v) is 13.3. The number of hydrogen-bond donors (Lipinski definition) is 1. The maximum atomic E-state index is 6.07. The molecule has 0 fully saturated rings. The monoisotopic (exact) mass is 287 g/mol. The highest BCUT2D eigenvalue weighted by molar-refractivity contribution is 5.89. The quantitative estimate of drug-likeness (QED) is 0.844. The molecule has 21 heavy (non-hydrogen) atoms. The molecular formula is C18H25NO2. The molecule has 0 aliphatic heterocycles. The topological polar surface area (TPSA) is 44.5 Å². The molecule has 114 valence electrons. The number of nitrogens with two attached hydrogens (primary N) is 1. The molecule has 0 radical (unpaired) electrons. The van der Waals surface area contributed by atoms with Crippen LogP contribution in [0.3, 0.4) is 0 Å². The molecule has 0 bridgehead atoms. The molecule has 2 rings (SSSR count). The average molecular weight is 287 g/mol. The summed E-state index contributed by atoms with van der Waals surface area (Å²) in [7, 11) is 0. The molecule has 2 aromatic carbocycles. The van der Waals surface area contributed by atoms with E-state index in [1.165, 1.54) is 0 Å². The fraction of sp³-hybridized carbons (Fsp3) is 0.444. The SMILES string of the molecule is C[C@H](N)c1ccc2ccccc2c1OCCOC(C)(C)C. The fourth-order valence-corrected chi connectivity index (χ4v) is 2.27. The second-order valence-corrected chi connectivity index (χ2v) is 6.30. The number of ether oxygens (including phenoxy) is 2. The van der Waals surface area contributed by atoms with Gasteiger partial charge in [-0.05, 0) is 33.1 Å². The highest BCUT2D eigenvalue weighted by Gasteiger charge is 2.13. The minimum atomic E-state index is -0.147. The number of hydrogen-bond acceptors (Lipinski definition) is 3. The van der Waals surface area contributed by atoms with Crippen molar-refractivity contribution in [3.63, 3.8) is 0 Å². The van der Waals surface area contributed by atoms with Gasteiger partial charge in [-0.15, -0.1) is 0 Å². The molecule has 0 saturated heterocycles. The van der Waals surface area contributed by atoms with Crippen molar-refractivity contribution in [2.24, 2.45) is 5.73 Å². The van der Waals surface area contributed by atoms with E-state index >= 15 is 0 Å². The van der Waals surface area contributed by atoms with Gasteiger partial charge in [0.15, 0.2) is 0 Å². The van der Waals surface area contributed by atoms with Gasteiger partial charge in [-0.25, -0.2) is 0 Å². The molecule has 1 atom stereocenters. The van der Waals surface area contributed by atoms with Gasteiger partial charge in [0, 0.05) is 17.0 Å². The number of fused-ring (bicyclic) bond motifs is 1. The van der Waals surface area contributed by atoms with Crippen molar-refractivity contribution in [2.75, 3.05) is 13.2 Å². The first kappa shape index (κ1) is 15.8. The van der Waals surface area contributed by atoms with Crippen molar-refractivity contribution < 1.29 is 9.47 Å². The molecule has 3 heteroatoms. The van der Waals surface area contributed by atoms with Crippen molar-refractivity contribution in [1.82, 2.24) is 0 Å². The van der Waals surface area contributed by atoms with Crippen LogP contribution in [0.5, 0.6) is 5.75 Å². The predicted octanol–water partition coefficient (Wildman–Crippen LogP) is 4.05. The van der Waals surface area contributed by atoms with E-state index in [9.17, 15) is 0 Å². The lowest BCUT2D eigenvalue weighted by Crippen LogP contribution is -2.22. The zero-order chi connectivity index (χ0) is 15.5. The van der Waals surface area contributed by atoms with Gasteiger partial charge >= 0.3 is 0 Å². The Kier molecular flexibility index (Phi) is 4.86. The van der Waals surface area contributed by atoms with E-state index in [0.717, 1.165) is 22.1 Å². The molecular weight excluding hydrogens is 262 g/mol. The summed E-state index contributed by atoms with van der Waals surface area (Å²) in [6, 6.07) is 12.3. The second kappa shape index (κ2) is 6.46. The lowest BCUT2D eigenvalue weighted by Gasteiger charge is -2.21. The van der Waals surface area contributed by atoms with Gasteiger partial charge in [0.05, 0.1) is 12.2 Å². The van der Waals surface area contributed by atoms with Crippen LogP contribution in [0.1, 0.15) is 39.3 Å². The van der Waals surface area contributed by atoms with Crippen LogP contribution in [-0.2, 0) is 4.74 Å². The Bertz CT molecular complexity index is 600. The van der Waals surface area contributed by atoms with Crippen LogP contribution in [-0.4, -0.2) is 18.8 Å². The van der Waals surface area contributed by atoms with E-state index in [0.29, 0.717) is 13.2 Å². The van der Waals surface area contributed by atoms with Gasteiger partial charge < -0.3 is 15.2 Å². The Balaban J connectivity index is 2.21. The van der Waals surface area contributed by atoms with Crippen LogP contribution < -0.4 is 10.5 Å². The van der Waals surface area contributed by atoms with Crippen LogP contribution in [0.15, 0.2) is 36.4 Å². The lowest BCUT2D eigenvalue weighted by molar-refractivity contribution is -0.0162. The summed E-state index contributed by atoms with van der Waals surface area (Å²) >= 11 is 0. The normalized spacial score (nSPS) is 13.4. The summed E-state index contributed by atoms with van der Waals surface area (Å²) in [4.78, 5) is 0. The molecule has 0 heterocycles. The van der Waals surface area contributed by atoms with Gasteiger partial charge in [0.2, 0.25) is 0 Å². The molecule has 2 N–H and O–H groups in total. The molecule has 0 aromatic heterocycles. The van der Waals surface area contributed by atoms with E-state index in [-0.39, 0.29) is 11.6 Å². The Morgan fingerprint density at radius 3 is 2.43 bits per heavy atom. The van der Waals surface area contributed by atoms with Gasteiger partial charge in [-0.2, -0.15) is 0 Å². The van der Waals surface area contributed by atoms with Crippen LogP contribution in [0, 0.1) is 0 Å². The zero-order valence-electron chi connectivity index (χ0n) is 13.3. The Morgan fingerprint density at radius 1 is 1.05 bits per heavy atom. The Labute approximate surface area is 127 Å². The number of benzene rings is 2. The molecule has 0 spiro atoms. The lowest BCUT2D eigenvalue weighted by atomic mass is 10.0. The summed E-state index contributed by atoms with van der Waals surface area (Å²) in [5, 5.41) is 2.26. The molecule has 0 amide bonds. The highest BCUT2D eigenvalue weighted by atomic mass is 16.5. The standard InChI is InChI=1S/C18H25NO2/c1-13(19)15-10-9-14-7-5-6-8-16(14)17(15)20-11-12-21-18(2,3)4/h5-10,13H,11-12,19H2,1-4H3/t13-/m0/s1. The van der Waals surface area contributed by atoms with E-state index in [4.69, 9.17) is 15.2 Å². The van der Waals surface area contributed by atoms with Crippen molar-refractivity contribution >= 4 is 10.8 Å². The van der Waals surface area contributed by atoms with Crippen molar-refractivity contribution in [3.05, 3.63) is 42.0 Å². The minimum Gasteiger partial charge on any atom is -0.490 e. The van der Waals surface area contributed by atoms with E-state index in [1.807, 2.05) is 45.9 Å². The largest absolute Gasteiger partial charge is 0.490 e. The van der Waals surface area contributed by atoms with Gasteiger partial charge in [0.25, 0.3) is 0 Å². The van der Waals surface area contributed by atoms with E-state index in [2.05, 4.69) is 18.2 Å². The van der Waals surface area contributed by atoms with Crippen LogP contribution in [0.25, 0.3) is 10.8 Å². The number of rotatable bonds is 5. The van der Waals surface area contributed by atoms with Gasteiger partial charge in [0.1, 0.15) is 12.4 Å². The Morgan fingerprint density at radius 2 is 1.76 bits per heavy atom. The Hall–Kier alpha value is -1.58. The predicted molar refractivity (Wildman–Crippen MR) is 87.8 cm³/mol. The summed E-state index contributed by atoms with van der Waals surface area (Å²) < 4.78 is 11.7. The third-order valence-corrected chi connectivity index (χ3v) is 3.27. The maximum Gasteiger partial charge on any atom is 0.131 e. The first-order chi connectivity index (χ1) is 9.88. The maximum absolute atomic E-state index is 6.07. The molecule has 3 nitrogen and oxygen atoms in total. The first-order valence-corrected chi connectivity index (χ1v) is 7.42. The molecule has 0 saturated carbocycles. The second-order valence-electron chi connectivity index (χ2n) is 6.30. The molecule has 0 unspecified atom stereocenters. The molecule has 2 aromatic rings. The first-order valence-electron chi connectivity index (χ1n) is 7.42. The minimum absolute atomic E-state index is 0.0619. The fourth-order valence-electron chi connectivity index (χ4n) is 2.27. The highest BCUT2D eigenvalue weighted by Crippen LogP contribution is 2.32. The summed E-state index contributed by atoms with van der Waals surface area (Å²) in [6.07, 6.45) is 0.